The van der Waals surface area contributed by atoms with Gasteiger partial charge in [-0.05, 0) is 37.5 Å². The van der Waals surface area contributed by atoms with Crippen molar-refractivity contribution in [1.82, 2.24) is 4.90 Å². The van der Waals surface area contributed by atoms with Gasteiger partial charge in [-0.1, -0.05) is 31.0 Å². The average molecular weight is 440 g/mol. The zero-order valence-electron chi connectivity index (χ0n) is 18.2. The summed E-state index contributed by atoms with van der Waals surface area (Å²) in [5, 5.41) is 25.1. The summed E-state index contributed by atoms with van der Waals surface area (Å²) in [5.41, 5.74) is 0.755. The van der Waals surface area contributed by atoms with Gasteiger partial charge in [0.2, 0.25) is 5.91 Å². The van der Waals surface area contributed by atoms with E-state index in [0.29, 0.717) is 18.7 Å². The molecule has 32 heavy (non-hydrogen) atoms. The molecular formula is C24H29N3O5. The lowest BCUT2D eigenvalue weighted by Crippen LogP contribution is -2.56. The third kappa shape index (κ3) is 4.47. The maximum atomic E-state index is 12.9. The largest absolute Gasteiger partial charge is 0.496 e. The van der Waals surface area contributed by atoms with Gasteiger partial charge >= 0.3 is 0 Å². The van der Waals surface area contributed by atoms with Crippen LogP contribution in [-0.2, 0) is 4.79 Å². The number of likely N-dealkylation sites (tertiary alicyclic amines) is 1. The molecule has 0 radical (unpaired) electrons. The number of nitro groups is 1. The molecule has 1 heterocycles. The van der Waals surface area contributed by atoms with E-state index in [1.807, 2.05) is 24.3 Å². The third-order valence-corrected chi connectivity index (χ3v) is 6.84. The van der Waals surface area contributed by atoms with Gasteiger partial charge in [0.15, 0.2) is 0 Å². The first-order valence-corrected chi connectivity index (χ1v) is 11.0. The van der Waals surface area contributed by atoms with Crippen molar-refractivity contribution < 1.29 is 19.6 Å². The Balaban J connectivity index is 1.57. The van der Waals surface area contributed by atoms with Gasteiger partial charge in [-0.15, -0.1) is 0 Å². The molecule has 4 rings (SSSR count). The van der Waals surface area contributed by atoms with Gasteiger partial charge in [-0.3, -0.25) is 19.8 Å². The van der Waals surface area contributed by atoms with Crippen LogP contribution in [0.3, 0.4) is 0 Å². The van der Waals surface area contributed by atoms with E-state index in [1.54, 1.807) is 7.11 Å². The second kappa shape index (κ2) is 9.26. The van der Waals surface area contributed by atoms with Crippen molar-refractivity contribution in [2.45, 2.75) is 43.7 Å². The van der Waals surface area contributed by atoms with Crippen LogP contribution < -0.4 is 10.1 Å². The summed E-state index contributed by atoms with van der Waals surface area (Å²) in [5.74, 6) is 0.585. The highest BCUT2D eigenvalue weighted by atomic mass is 16.6. The van der Waals surface area contributed by atoms with Crippen molar-refractivity contribution in [3.8, 4) is 5.75 Å². The third-order valence-electron chi connectivity index (χ3n) is 6.84. The van der Waals surface area contributed by atoms with Crippen molar-refractivity contribution in [3.05, 3.63) is 64.2 Å². The fraction of sp³-hybridized carbons (Fsp3) is 0.458. The van der Waals surface area contributed by atoms with Crippen molar-refractivity contribution in [2.75, 3.05) is 25.5 Å². The topological polar surface area (TPSA) is 105 Å². The minimum Gasteiger partial charge on any atom is -0.496 e. The van der Waals surface area contributed by atoms with E-state index >= 15 is 0 Å². The number of non-ortho nitro benzene ring substituents is 1. The summed E-state index contributed by atoms with van der Waals surface area (Å²) < 4.78 is 5.63. The van der Waals surface area contributed by atoms with E-state index in [9.17, 15) is 20.0 Å². The van der Waals surface area contributed by atoms with Gasteiger partial charge in [0.1, 0.15) is 5.75 Å². The monoisotopic (exact) mass is 439 g/mol. The number of nitrogens with zero attached hydrogens (tertiary/aromatic N) is 2. The summed E-state index contributed by atoms with van der Waals surface area (Å²) in [6.07, 6.45) is 4.40. The number of piperidine rings is 1. The summed E-state index contributed by atoms with van der Waals surface area (Å²) in [7, 11) is 1.64. The standard InChI is InChI=1S/C24H29N3O5/c1-32-21-8-3-2-6-19(21)23-20-7-4-5-13-24(20,29)14-15-26(23)16-22(28)25-17-9-11-18(12-10-17)27(30)31/h2-3,6,8-12,20,23,29H,4-5,7,13-16H2,1H3,(H,25,28)/t20-,23-,24+/m1/s1. The number of nitro benzene ring substituents is 1. The molecule has 2 N–H and O–H groups in total. The maximum absolute atomic E-state index is 12.9. The number of carbonyl (C=O) groups is 1. The number of para-hydroxylation sites is 1. The Bertz CT molecular complexity index is 980. The van der Waals surface area contributed by atoms with Crippen molar-refractivity contribution in [2.24, 2.45) is 5.92 Å². The van der Waals surface area contributed by atoms with Crippen LogP contribution in [-0.4, -0.2) is 46.6 Å². The number of hydrogen-bond donors (Lipinski definition) is 2. The highest BCUT2D eigenvalue weighted by molar-refractivity contribution is 5.92. The van der Waals surface area contributed by atoms with E-state index in [0.717, 1.165) is 37.0 Å². The first-order valence-electron chi connectivity index (χ1n) is 11.0. The van der Waals surface area contributed by atoms with Gasteiger partial charge in [0.25, 0.3) is 5.69 Å². The van der Waals surface area contributed by atoms with E-state index in [2.05, 4.69) is 10.2 Å². The average Bonchev–Trinajstić information content (AvgIpc) is 2.79. The maximum Gasteiger partial charge on any atom is 0.269 e. The minimum atomic E-state index is -0.727. The normalized spacial score (nSPS) is 25.6. The number of ether oxygens (including phenoxy) is 1. The van der Waals surface area contributed by atoms with E-state index < -0.39 is 10.5 Å². The molecule has 1 aliphatic carbocycles. The number of carbonyl (C=O) groups excluding carboxylic acids is 1. The molecule has 3 atom stereocenters. The Hall–Kier alpha value is -2.97. The number of aliphatic hydroxyl groups is 1. The van der Waals surface area contributed by atoms with E-state index in [-0.39, 0.29) is 30.1 Å². The Kier molecular flexibility index (Phi) is 6.43. The molecule has 0 aromatic heterocycles. The summed E-state index contributed by atoms with van der Waals surface area (Å²) in [6.45, 7) is 0.760. The number of benzene rings is 2. The first-order chi connectivity index (χ1) is 15.4. The molecular weight excluding hydrogens is 410 g/mol. The van der Waals surface area contributed by atoms with Crippen LogP contribution in [0.25, 0.3) is 0 Å². The van der Waals surface area contributed by atoms with E-state index in [1.165, 1.54) is 24.3 Å². The van der Waals surface area contributed by atoms with Crippen LogP contribution in [0.4, 0.5) is 11.4 Å². The molecule has 2 aliphatic rings. The summed E-state index contributed by atoms with van der Waals surface area (Å²) in [4.78, 5) is 25.4. The minimum absolute atomic E-state index is 0.0214. The number of anilines is 1. The molecule has 0 spiro atoms. The lowest BCUT2D eigenvalue weighted by molar-refractivity contribution is -0.384. The van der Waals surface area contributed by atoms with Crippen LogP contribution in [0.15, 0.2) is 48.5 Å². The number of nitrogens with one attached hydrogen (secondary N) is 1. The highest BCUT2D eigenvalue weighted by Crippen LogP contribution is 2.50. The van der Waals surface area contributed by atoms with Crippen LogP contribution in [0.1, 0.15) is 43.7 Å². The van der Waals surface area contributed by atoms with E-state index in [4.69, 9.17) is 4.74 Å². The molecule has 2 fully saturated rings. The zero-order valence-corrected chi connectivity index (χ0v) is 18.2. The number of hydrogen-bond acceptors (Lipinski definition) is 6. The lowest BCUT2D eigenvalue weighted by Gasteiger charge is -2.52. The second-order valence-electron chi connectivity index (χ2n) is 8.72. The number of fused-ring (bicyclic) bond motifs is 1. The predicted octanol–water partition coefficient (Wildman–Crippen LogP) is 3.91. The Labute approximate surface area is 187 Å². The number of rotatable bonds is 6. The molecule has 2 aromatic rings. The van der Waals surface area contributed by atoms with Crippen LogP contribution in [0.5, 0.6) is 5.75 Å². The Morgan fingerprint density at radius 3 is 2.69 bits per heavy atom. The fourth-order valence-electron chi connectivity index (χ4n) is 5.30. The van der Waals surface area contributed by atoms with Gasteiger partial charge in [0.05, 0.1) is 24.2 Å². The second-order valence-corrected chi connectivity index (χ2v) is 8.72. The molecule has 1 aliphatic heterocycles. The van der Waals surface area contributed by atoms with Crippen molar-refractivity contribution in [1.29, 1.82) is 0 Å². The SMILES string of the molecule is COc1ccccc1[C@@H]1[C@H]2CCCC[C@]2(O)CCN1CC(=O)Nc1ccc([N+](=O)[O-])cc1. The quantitative estimate of drug-likeness (QED) is 0.522. The van der Waals surface area contributed by atoms with Crippen LogP contribution in [0.2, 0.25) is 0 Å². The Morgan fingerprint density at radius 2 is 1.97 bits per heavy atom. The molecule has 2 aromatic carbocycles. The van der Waals surface area contributed by atoms with Crippen LogP contribution in [0, 0.1) is 16.0 Å². The van der Waals surface area contributed by atoms with Crippen molar-refractivity contribution in [3.63, 3.8) is 0 Å². The lowest BCUT2D eigenvalue weighted by atomic mass is 9.66. The Morgan fingerprint density at radius 1 is 1.22 bits per heavy atom. The molecule has 8 heteroatoms. The summed E-state index contributed by atoms with van der Waals surface area (Å²) in [6, 6.07) is 13.5. The molecule has 1 saturated carbocycles. The van der Waals surface area contributed by atoms with Crippen molar-refractivity contribution >= 4 is 17.3 Å². The number of amides is 1. The van der Waals surface area contributed by atoms with Gasteiger partial charge in [0, 0.05) is 41.9 Å². The van der Waals surface area contributed by atoms with Crippen LogP contribution >= 0.6 is 0 Å². The van der Waals surface area contributed by atoms with Gasteiger partial charge < -0.3 is 15.2 Å². The van der Waals surface area contributed by atoms with Gasteiger partial charge in [-0.25, -0.2) is 0 Å². The van der Waals surface area contributed by atoms with Gasteiger partial charge in [-0.2, -0.15) is 0 Å². The highest BCUT2D eigenvalue weighted by Gasteiger charge is 2.49. The molecule has 0 unspecified atom stereocenters. The molecule has 1 amide bonds. The molecule has 0 bridgehead atoms. The smallest absolute Gasteiger partial charge is 0.269 e. The summed E-state index contributed by atoms with van der Waals surface area (Å²) >= 11 is 0. The first kappa shape index (κ1) is 22.2. The number of methoxy groups -OCH3 is 1. The molecule has 8 nitrogen and oxygen atoms in total. The fourth-order valence-corrected chi connectivity index (χ4v) is 5.30. The zero-order chi connectivity index (χ0) is 22.7. The molecule has 170 valence electrons. The molecule has 1 saturated heterocycles. The predicted molar refractivity (Wildman–Crippen MR) is 121 cm³/mol.